The third-order valence-corrected chi connectivity index (χ3v) is 3.34. The van der Waals surface area contributed by atoms with Crippen molar-refractivity contribution in [3.05, 3.63) is 46.1 Å². The maximum atomic E-state index is 10.7. The minimum absolute atomic E-state index is 0.136. The van der Waals surface area contributed by atoms with Crippen LogP contribution < -0.4 is 5.73 Å². The Hall–Kier alpha value is -1.49. The SMILES string of the molecule is NC(Cc1ccc(-c2ccc(Cl)c(Cl)c2)o1)C(=O)O. The topological polar surface area (TPSA) is 76.5 Å². The lowest BCUT2D eigenvalue weighted by atomic mass is 10.2. The van der Waals surface area contributed by atoms with Crippen molar-refractivity contribution in [2.24, 2.45) is 5.73 Å². The number of nitrogens with two attached hydrogens (primary N) is 1. The van der Waals surface area contributed by atoms with Gasteiger partial charge in [-0.05, 0) is 30.3 Å². The van der Waals surface area contributed by atoms with E-state index in [9.17, 15) is 4.79 Å². The van der Waals surface area contributed by atoms with Crippen molar-refractivity contribution in [1.82, 2.24) is 0 Å². The predicted octanol–water partition coefficient (Wildman–Crippen LogP) is 3.21. The van der Waals surface area contributed by atoms with Crippen LogP contribution in [-0.2, 0) is 11.2 Å². The Morgan fingerprint density at radius 2 is 2.00 bits per heavy atom. The molecule has 1 aromatic carbocycles. The molecule has 3 N–H and O–H groups in total. The Balaban J connectivity index is 2.20. The lowest BCUT2D eigenvalue weighted by molar-refractivity contribution is -0.138. The van der Waals surface area contributed by atoms with Crippen LogP contribution in [0.15, 0.2) is 34.7 Å². The molecule has 0 saturated heterocycles. The zero-order chi connectivity index (χ0) is 14.0. The van der Waals surface area contributed by atoms with Gasteiger partial charge >= 0.3 is 5.97 Å². The van der Waals surface area contributed by atoms with E-state index in [0.29, 0.717) is 21.6 Å². The lowest BCUT2D eigenvalue weighted by Crippen LogP contribution is -2.32. The molecule has 2 rings (SSSR count). The summed E-state index contributed by atoms with van der Waals surface area (Å²) in [7, 11) is 0. The number of hydrogen-bond donors (Lipinski definition) is 2. The molecule has 0 radical (unpaired) electrons. The molecule has 100 valence electrons. The summed E-state index contributed by atoms with van der Waals surface area (Å²) in [5.74, 6) is 0.0367. The fourth-order valence-corrected chi connectivity index (χ4v) is 1.89. The van der Waals surface area contributed by atoms with Crippen LogP contribution in [0.4, 0.5) is 0 Å². The standard InChI is InChI=1S/C13H11Cl2NO3/c14-9-3-1-7(5-10(9)15)12-4-2-8(19-12)6-11(16)13(17)18/h1-5,11H,6,16H2,(H,17,18). The number of aliphatic carboxylic acids is 1. The van der Waals surface area contributed by atoms with Gasteiger partial charge < -0.3 is 15.3 Å². The van der Waals surface area contributed by atoms with Crippen LogP contribution in [0.5, 0.6) is 0 Å². The number of carboxylic acid groups (broad SMARTS) is 1. The van der Waals surface area contributed by atoms with Gasteiger partial charge in [0.2, 0.25) is 0 Å². The molecule has 4 nitrogen and oxygen atoms in total. The van der Waals surface area contributed by atoms with Crippen molar-refractivity contribution in [2.75, 3.05) is 0 Å². The van der Waals surface area contributed by atoms with E-state index in [1.54, 1.807) is 30.3 Å². The normalized spacial score (nSPS) is 12.4. The summed E-state index contributed by atoms with van der Waals surface area (Å²) < 4.78 is 5.54. The van der Waals surface area contributed by atoms with Crippen molar-refractivity contribution < 1.29 is 14.3 Å². The Bertz CT molecular complexity index is 610. The molecule has 1 atom stereocenters. The Morgan fingerprint density at radius 1 is 1.26 bits per heavy atom. The first kappa shape index (κ1) is 13.9. The van der Waals surface area contributed by atoms with Crippen molar-refractivity contribution in [3.8, 4) is 11.3 Å². The van der Waals surface area contributed by atoms with Crippen LogP contribution in [0.3, 0.4) is 0 Å². The molecule has 0 saturated carbocycles. The zero-order valence-corrected chi connectivity index (χ0v) is 11.3. The van der Waals surface area contributed by atoms with E-state index in [4.69, 9.17) is 38.5 Å². The number of carbonyl (C=O) groups is 1. The molecule has 2 aromatic rings. The van der Waals surface area contributed by atoms with Crippen LogP contribution in [0, 0.1) is 0 Å². The van der Waals surface area contributed by atoms with Gasteiger partial charge in [0.25, 0.3) is 0 Å². The van der Waals surface area contributed by atoms with Crippen LogP contribution in [0.1, 0.15) is 5.76 Å². The molecule has 19 heavy (non-hydrogen) atoms. The molecular formula is C13H11Cl2NO3. The van der Waals surface area contributed by atoms with Gasteiger partial charge in [-0.1, -0.05) is 23.2 Å². The van der Waals surface area contributed by atoms with E-state index in [-0.39, 0.29) is 6.42 Å². The maximum Gasteiger partial charge on any atom is 0.320 e. The van der Waals surface area contributed by atoms with Crippen molar-refractivity contribution in [3.63, 3.8) is 0 Å². The Kier molecular flexibility index (Phi) is 4.14. The zero-order valence-electron chi connectivity index (χ0n) is 9.77. The second kappa shape index (κ2) is 5.65. The van der Waals surface area contributed by atoms with E-state index in [0.717, 1.165) is 5.56 Å². The van der Waals surface area contributed by atoms with Crippen molar-refractivity contribution in [1.29, 1.82) is 0 Å². The van der Waals surface area contributed by atoms with E-state index in [2.05, 4.69) is 0 Å². The van der Waals surface area contributed by atoms with Crippen molar-refractivity contribution >= 4 is 29.2 Å². The molecule has 1 unspecified atom stereocenters. The molecule has 0 aliphatic rings. The summed E-state index contributed by atoms with van der Waals surface area (Å²) in [5.41, 5.74) is 6.21. The molecule has 1 aromatic heterocycles. The predicted molar refractivity (Wildman–Crippen MR) is 73.5 cm³/mol. The number of carboxylic acids is 1. The largest absolute Gasteiger partial charge is 0.480 e. The quantitative estimate of drug-likeness (QED) is 0.909. The summed E-state index contributed by atoms with van der Waals surface area (Å²) in [6, 6.07) is 7.58. The van der Waals surface area contributed by atoms with Gasteiger partial charge in [-0.2, -0.15) is 0 Å². The van der Waals surface area contributed by atoms with Crippen LogP contribution >= 0.6 is 23.2 Å². The van der Waals surface area contributed by atoms with Gasteiger partial charge in [0, 0.05) is 12.0 Å². The highest BCUT2D eigenvalue weighted by Crippen LogP contribution is 2.29. The van der Waals surface area contributed by atoms with Crippen LogP contribution in [0.25, 0.3) is 11.3 Å². The highest BCUT2D eigenvalue weighted by atomic mass is 35.5. The Morgan fingerprint density at radius 3 is 2.63 bits per heavy atom. The molecule has 1 heterocycles. The van der Waals surface area contributed by atoms with Gasteiger partial charge in [-0.25, -0.2) is 0 Å². The highest BCUT2D eigenvalue weighted by Gasteiger charge is 2.15. The average Bonchev–Trinajstić information content (AvgIpc) is 2.81. The van der Waals surface area contributed by atoms with Crippen LogP contribution in [0.2, 0.25) is 10.0 Å². The fourth-order valence-electron chi connectivity index (χ4n) is 1.60. The first-order chi connectivity index (χ1) is 8.97. The lowest BCUT2D eigenvalue weighted by Gasteiger charge is -2.03. The summed E-state index contributed by atoms with van der Waals surface area (Å²) in [5, 5.41) is 9.63. The first-order valence-corrected chi connectivity index (χ1v) is 6.25. The molecule has 6 heteroatoms. The van der Waals surface area contributed by atoms with Gasteiger partial charge in [0.15, 0.2) is 0 Å². The van der Waals surface area contributed by atoms with Gasteiger partial charge in [-0.15, -0.1) is 0 Å². The summed E-state index contributed by atoms with van der Waals surface area (Å²) >= 11 is 11.8. The van der Waals surface area contributed by atoms with Crippen molar-refractivity contribution in [2.45, 2.75) is 12.5 Å². The van der Waals surface area contributed by atoms with E-state index in [1.165, 1.54) is 0 Å². The van der Waals surface area contributed by atoms with Gasteiger partial charge in [0.05, 0.1) is 10.0 Å². The maximum absolute atomic E-state index is 10.7. The molecule has 0 spiro atoms. The first-order valence-electron chi connectivity index (χ1n) is 5.50. The minimum atomic E-state index is -1.06. The minimum Gasteiger partial charge on any atom is -0.480 e. The molecular weight excluding hydrogens is 289 g/mol. The summed E-state index contributed by atoms with van der Waals surface area (Å²) in [6.45, 7) is 0. The number of rotatable bonds is 4. The van der Waals surface area contributed by atoms with Crippen LogP contribution in [-0.4, -0.2) is 17.1 Å². The fraction of sp³-hybridized carbons (Fsp3) is 0.154. The molecule has 0 amide bonds. The van der Waals surface area contributed by atoms with E-state index >= 15 is 0 Å². The summed E-state index contributed by atoms with van der Waals surface area (Å²) in [6.07, 6.45) is 0.136. The molecule has 0 aliphatic carbocycles. The third-order valence-electron chi connectivity index (χ3n) is 2.60. The number of halogens is 2. The van der Waals surface area contributed by atoms with Gasteiger partial charge in [0.1, 0.15) is 17.6 Å². The molecule has 0 fully saturated rings. The monoisotopic (exact) mass is 299 g/mol. The summed E-state index contributed by atoms with van der Waals surface area (Å²) in [4.78, 5) is 10.7. The second-order valence-corrected chi connectivity index (χ2v) is 4.86. The van der Waals surface area contributed by atoms with E-state index < -0.39 is 12.0 Å². The average molecular weight is 300 g/mol. The molecule has 0 aliphatic heterocycles. The number of benzene rings is 1. The highest BCUT2D eigenvalue weighted by molar-refractivity contribution is 6.42. The Labute approximate surface area is 119 Å². The number of hydrogen-bond acceptors (Lipinski definition) is 3. The number of furan rings is 1. The smallest absolute Gasteiger partial charge is 0.320 e. The third kappa shape index (κ3) is 3.29. The second-order valence-electron chi connectivity index (χ2n) is 4.04. The van der Waals surface area contributed by atoms with E-state index in [1.807, 2.05) is 0 Å². The molecule has 0 bridgehead atoms. The van der Waals surface area contributed by atoms with Gasteiger partial charge in [-0.3, -0.25) is 4.79 Å².